The summed E-state index contributed by atoms with van der Waals surface area (Å²) >= 11 is 6.95. The van der Waals surface area contributed by atoms with Crippen LogP contribution in [0.4, 0.5) is 5.69 Å². The molecule has 6 rings (SSSR count). The Morgan fingerprint density at radius 2 is 1.80 bits per heavy atom. The zero-order valence-corrected chi connectivity index (χ0v) is 19.6. The van der Waals surface area contributed by atoms with Gasteiger partial charge in [-0.25, -0.2) is 5.10 Å². The van der Waals surface area contributed by atoms with Crippen LogP contribution in [0.5, 0.6) is 0 Å². The third kappa shape index (κ3) is 2.80. The second kappa shape index (κ2) is 7.67. The van der Waals surface area contributed by atoms with Gasteiger partial charge in [-0.15, -0.1) is 0 Å². The Morgan fingerprint density at radius 3 is 2.49 bits per heavy atom. The topological polar surface area (TPSA) is 140 Å². The highest BCUT2D eigenvalue weighted by Crippen LogP contribution is 2.46. The lowest BCUT2D eigenvalue weighted by Crippen LogP contribution is -2.19. The van der Waals surface area contributed by atoms with Crippen molar-refractivity contribution in [2.45, 2.75) is 19.4 Å². The van der Waals surface area contributed by atoms with Gasteiger partial charge in [-0.1, -0.05) is 11.6 Å². The normalized spacial score (nSPS) is 13.8. The van der Waals surface area contributed by atoms with Crippen molar-refractivity contribution < 1.29 is 0 Å². The van der Waals surface area contributed by atoms with Crippen LogP contribution in [0.3, 0.4) is 0 Å². The SMILES string of the molecule is Cn1ncc2c3cc4c(CN)n[nH]c(=O)c4c(C#N)c3c3c(Cl)cc(N4CCCC4)c(C#N)c3c21. The van der Waals surface area contributed by atoms with Crippen molar-refractivity contribution >= 4 is 60.5 Å². The van der Waals surface area contributed by atoms with Crippen molar-refractivity contribution in [1.29, 1.82) is 10.5 Å². The number of fused-ring (bicyclic) bond motifs is 7. The minimum Gasteiger partial charge on any atom is -0.370 e. The monoisotopic (exact) mass is 482 g/mol. The molecule has 1 saturated heterocycles. The standard InChI is InChI=1S/C25H19ClN8O/c1-33-24-16(11-30-33)12-6-13-18(10-29)31-32-25(35)21(13)15(9-28)20(12)23-17(26)7-19(14(8-27)22(23)24)34-4-2-3-5-34/h6-7,11H,2-5,10,29H2,1H3,(H,32,35). The van der Waals surface area contributed by atoms with Gasteiger partial charge in [0.1, 0.15) is 12.1 Å². The number of anilines is 1. The molecule has 35 heavy (non-hydrogen) atoms. The van der Waals surface area contributed by atoms with Gasteiger partial charge >= 0.3 is 0 Å². The Morgan fingerprint density at radius 1 is 1.06 bits per heavy atom. The zero-order chi connectivity index (χ0) is 24.4. The lowest BCUT2D eigenvalue weighted by molar-refractivity contribution is 0.799. The van der Waals surface area contributed by atoms with Crippen molar-refractivity contribution in [3.8, 4) is 12.1 Å². The number of halogens is 1. The van der Waals surface area contributed by atoms with Gasteiger partial charge < -0.3 is 10.6 Å². The maximum atomic E-state index is 12.9. The van der Waals surface area contributed by atoms with Gasteiger partial charge in [0.2, 0.25) is 0 Å². The van der Waals surface area contributed by atoms with Crippen LogP contribution in [0.1, 0.15) is 29.7 Å². The second-order valence-electron chi connectivity index (χ2n) is 8.75. The minimum absolute atomic E-state index is 0.0892. The molecule has 0 bridgehead atoms. The molecule has 0 atom stereocenters. The molecule has 0 spiro atoms. The van der Waals surface area contributed by atoms with E-state index < -0.39 is 5.56 Å². The van der Waals surface area contributed by atoms with Crippen molar-refractivity contribution in [1.82, 2.24) is 20.0 Å². The molecule has 10 heteroatoms. The zero-order valence-electron chi connectivity index (χ0n) is 18.8. The number of hydrogen-bond acceptors (Lipinski definition) is 7. The predicted octanol–water partition coefficient (Wildman–Crippen LogP) is 3.57. The summed E-state index contributed by atoms with van der Waals surface area (Å²) in [6.07, 6.45) is 3.80. The van der Waals surface area contributed by atoms with Gasteiger partial charge in [0, 0.05) is 53.6 Å². The molecule has 9 nitrogen and oxygen atoms in total. The van der Waals surface area contributed by atoms with Crippen LogP contribution in [0.25, 0.3) is 43.2 Å². The Labute approximate surface area is 203 Å². The number of aromatic nitrogens is 4. The first-order chi connectivity index (χ1) is 17.0. The van der Waals surface area contributed by atoms with Crippen LogP contribution in [0.15, 0.2) is 23.1 Å². The molecule has 3 aromatic carbocycles. The largest absolute Gasteiger partial charge is 0.370 e. The van der Waals surface area contributed by atoms with E-state index in [9.17, 15) is 15.3 Å². The number of nitrogens with zero attached hydrogens (tertiary/aromatic N) is 6. The molecule has 2 aromatic heterocycles. The van der Waals surface area contributed by atoms with E-state index in [2.05, 4.69) is 32.3 Å². The molecular formula is C25H19ClN8O. The Bertz CT molecular complexity index is 1870. The Balaban J connectivity index is 1.97. The number of aromatic amines is 1. The fourth-order valence-corrected chi connectivity index (χ4v) is 5.78. The summed E-state index contributed by atoms with van der Waals surface area (Å²) in [7, 11) is 1.81. The van der Waals surface area contributed by atoms with E-state index in [-0.39, 0.29) is 17.5 Å². The number of H-pyrrole nitrogens is 1. The molecular weight excluding hydrogens is 464 g/mol. The molecule has 3 heterocycles. The number of nitrogens with two attached hydrogens (primary N) is 1. The van der Waals surface area contributed by atoms with E-state index in [1.807, 2.05) is 19.2 Å². The predicted molar refractivity (Wildman–Crippen MR) is 135 cm³/mol. The Kier molecular flexibility index (Phi) is 4.68. The summed E-state index contributed by atoms with van der Waals surface area (Å²) in [6, 6.07) is 8.28. The average molecular weight is 483 g/mol. The first-order valence-corrected chi connectivity index (χ1v) is 11.6. The second-order valence-corrected chi connectivity index (χ2v) is 9.16. The number of nitriles is 2. The molecule has 0 radical (unpaired) electrons. The number of nitrogens with one attached hydrogen (secondary N) is 1. The van der Waals surface area contributed by atoms with E-state index in [0.29, 0.717) is 43.2 Å². The average Bonchev–Trinajstić information content (AvgIpc) is 3.53. The molecule has 0 aliphatic carbocycles. The maximum Gasteiger partial charge on any atom is 0.273 e. The third-order valence-electron chi connectivity index (χ3n) is 7.00. The summed E-state index contributed by atoms with van der Waals surface area (Å²) in [5.41, 5.74) is 8.06. The van der Waals surface area contributed by atoms with Crippen LogP contribution >= 0.6 is 11.6 Å². The van der Waals surface area contributed by atoms with Crippen LogP contribution in [-0.2, 0) is 13.6 Å². The van der Waals surface area contributed by atoms with E-state index in [1.165, 1.54) is 0 Å². The summed E-state index contributed by atoms with van der Waals surface area (Å²) < 4.78 is 1.72. The molecule has 3 N–H and O–H groups in total. The number of rotatable bonds is 2. The van der Waals surface area contributed by atoms with Crippen molar-refractivity contribution in [3.63, 3.8) is 0 Å². The van der Waals surface area contributed by atoms with Gasteiger partial charge in [0.15, 0.2) is 0 Å². The molecule has 1 aliphatic rings. The first-order valence-electron chi connectivity index (χ1n) is 11.2. The number of hydrogen-bond donors (Lipinski definition) is 2. The van der Waals surface area contributed by atoms with E-state index in [0.717, 1.165) is 42.5 Å². The summed E-state index contributed by atoms with van der Waals surface area (Å²) in [5, 5.41) is 36.0. The van der Waals surface area contributed by atoms with E-state index in [4.69, 9.17) is 17.3 Å². The molecule has 1 fully saturated rings. The Hall–Kier alpha value is -4.18. The van der Waals surface area contributed by atoms with Crippen molar-refractivity contribution in [2.24, 2.45) is 12.8 Å². The van der Waals surface area contributed by atoms with E-state index in [1.54, 1.807) is 10.9 Å². The minimum atomic E-state index is -0.486. The highest BCUT2D eigenvalue weighted by molar-refractivity contribution is 6.42. The summed E-state index contributed by atoms with van der Waals surface area (Å²) in [6.45, 7) is 1.78. The quantitative estimate of drug-likeness (QED) is 0.289. The fraction of sp³-hybridized carbons (Fsp3) is 0.240. The molecule has 0 unspecified atom stereocenters. The van der Waals surface area contributed by atoms with Gasteiger partial charge in [0.05, 0.1) is 44.6 Å². The van der Waals surface area contributed by atoms with Gasteiger partial charge in [-0.2, -0.15) is 20.7 Å². The van der Waals surface area contributed by atoms with E-state index >= 15 is 0 Å². The van der Waals surface area contributed by atoms with Crippen molar-refractivity contribution in [2.75, 3.05) is 18.0 Å². The molecule has 0 amide bonds. The van der Waals surface area contributed by atoms with Crippen molar-refractivity contribution in [3.05, 3.63) is 50.5 Å². The van der Waals surface area contributed by atoms with Crippen LogP contribution in [0.2, 0.25) is 5.02 Å². The van der Waals surface area contributed by atoms with Gasteiger partial charge in [0.25, 0.3) is 5.56 Å². The molecule has 5 aromatic rings. The third-order valence-corrected chi connectivity index (χ3v) is 7.29. The van der Waals surface area contributed by atoms with Crippen LogP contribution in [0, 0.1) is 22.7 Å². The summed E-state index contributed by atoms with van der Waals surface area (Å²) in [5.74, 6) is 0. The number of benzene rings is 3. The fourth-order valence-electron chi connectivity index (χ4n) is 5.49. The first kappa shape index (κ1) is 21.4. The highest BCUT2D eigenvalue weighted by Gasteiger charge is 2.26. The lowest BCUT2D eigenvalue weighted by Gasteiger charge is -2.22. The highest BCUT2D eigenvalue weighted by atomic mass is 35.5. The molecule has 0 saturated carbocycles. The maximum absolute atomic E-state index is 12.9. The van der Waals surface area contributed by atoms with Crippen LogP contribution < -0.4 is 16.2 Å². The van der Waals surface area contributed by atoms with Gasteiger partial charge in [-0.3, -0.25) is 9.48 Å². The molecule has 172 valence electrons. The molecule has 1 aliphatic heterocycles. The smallest absolute Gasteiger partial charge is 0.273 e. The summed E-state index contributed by atoms with van der Waals surface area (Å²) in [4.78, 5) is 15.1. The lowest BCUT2D eigenvalue weighted by atomic mass is 9.89. The number of aryl methyl sites for hydroxylation is 1. The van der Waals surface area contributed by atoms with Crippen LogP contribution in [-0.4, -0.2) is 33.1 Å². The van der Waals surface area contributed by atoms with Gasteiger partial charge in [-0.05, 0) is 30.4 Å².